The van der Waals surface area contributed by atoms with E-state index >= 15 is 0 Å². The van der Waals surface area contributed by atoms with E-state index in [0.717, 1.165) is 5.69 Å². The molecule has 2 aromatic rings. The number of aromatic nitrogens is 2. The first-order valence-electron chi connectivity index (χ1n) is 7.31. The van der Waals surface area contributed by atoms with E-state index < -0.39 is 0 Å². The fourth-order valence-electron chi connectivity index (χ4n) is 2.63. The standard InChI is InChI=1S/C16H17ClN4O2/c1-10-14(16(23)18-12-7-15(22)20(2)8-12)9-21(19-10)13-5-3-11(17)4-6-13/h3-6,9,12H,7-8H2,1-2H3,(H,18,23). The summed E-state index contributed by atoms with van der Waals surface area (Å²) < 4.78 is 1.65. The van der Waals surface area contributed by atoms with Gasteiger partial charge in [0, 0.05) is 31.2 Å². The van der Waals surface area contributed by atoms with Crippen LogP contribution in [0.5, 0.6) is 0 Å². The van der Waals surface area contributed by atoms with E-state index in [1.54, 1.807) is 41.9 Å². The average molecular weight is 333 g/mol. The van der Waals surface area contributed by atoms with Crippen molar-refractivity contribution in [1.29, 1.82) is 0 Å². The van der Waals surface area contributed by atoms with Crippen LogP contribution in [0.2, 0.25) is 5.02 Å². The first-order valence-corrected chi connectivity index (χ1v) is 7.69. The van der Waals surface area contributed by atoms with Crippen molar-refractivity contribution in [2.75, 3.05) is 13.6 Å². The van der Waals surface area contributed by atoms with Crippen molar-refractivity contribution in [2.45, 2.75) is 19.4 Å². The van der Waals surface area contributed by atoms with Crippen LogP contribution in [0.4, 0.5) is 0 Å². The van der Waals surface area contributed by atoms with Gasteiger partial charge in [-0.15, -0.1) is 0 Å². The van der Waals surface area contributed by atoms with E-state index in [0.29, 0.717) is 29.2 Å². The van der Waals surface area contributed by atoms with Crippen LogP contribution in [0.15, 0.2) is 30.5 Å². The van der Waals surface area contributed by atoms with Gasteiger partial charge in [-0.05, 0) is 31.2 Å². The molecule has 3 rings (SSSR count). The molecule has 7 heteroatoms. The van der Waals surface area contributed by atoms with Gasteiger partial charge in [-0.1, -0.05) is 11.6 Å². The van der Waals surface area contributed by atoms with Gasteiger partial charge in [-0.3, -0.25) is 9.59 Å². The summed E-state index contributed by atoms with van der Waals surface area (Å²) in [6.07, 6.45) is 2.03. The van der Waals surface area contributed by atoms with Crippen molar-refractivity contribution in [3.63, 3.8) is 0 Å². The Bertz CT molecular complexity index is 754. The molecule has 0 radical (unpaired) electrons. The van der Waals surface area contributed by atoms with Gasteiger partial charge in [-0.25, -0.2) is 4.68 Å². The fourth-order valence-corrected chi connectivity index (χ4v) is 2.76. The molecule has 1 atom stereocenters. The molecule has 1 aliphatic rings. The Kier molecular flexibility index (Phi) is 4.09. The van der Waals surface area contributed by atoms with Gasteiger partial charge in [0.2, 0.25) is 5.91 Å². The van der Waals surface area contributed by atoms with Crippen molar-refractivity contribution < 1.29 is 9.59 Å². The lowest BCUT2D eigenvalue weighted by Gasteiger charge is -2.11. The van der Waals surface area contributed by atoms with Crippen LogP contribution in [0.3, 0.4) is 0 Å². The van der Waals surface area contributed by atoms with Crippen LogP contribution in [-0.2, 0) is 4.79 Å². The minimum Gasteiger partial charge on any atom is -0.347 e. The third kappa shape index (κ3) is 3.22. The minimum atomic E-state index is -0.212. The number of nitrogens with zero attached hydrogens (tertiary/aromatic N) is 3. The molecule has 1 N–H and O–H groups in total. The lowest BCUT2D eigenvalue weighted by Crippen LogP contribution is -2.36. The first kappa shape index (κ1) is 15.6. The Balaban J connectivity index is 1.77. The molecular weight excluding hydrogens is 316 g/mol. The summed E-state index contributed by atoms with van der Waals surface area (Å²) in [6, 6.07) is 7.06. The molecule has 1 aromatic heterocycles. The molecule has 0 spiro atoms. The molecule has 1 aliphatic heterocycles. The minimum absolute atomic E-state index is 0.0453. The number of hydrogen-bond acceptors (Lipinski definition) is 3. The predicted octanol–water partition coefficient (Wildman–Crippen LogP) is 1.79. The highest BCUT2D eigenvalue weighted by molar-refractivity contribution is 6.30. The van der Waals surface area contributed by atoms with Crippen LogP contribution in [-0.4, -0.2) is 46.1 Å². The number of hydrogen-bond donors (Lipinski definition) is 1. The summed E-state index contributed by atoms with van der Waals surface area (Å²) in [5, 5.41) is 7.91. The molecule has 2 heterocycles. The normalized spacial score (nSPS) is 17.6. The fraction of sp³-hybridized carbons (Fsp3) is 0.312. The summed E-state index contributed by atoms with van der Waals surface area (Å²) in [6.45, 7) is 2.32. The van der Waals surface area contributed by atoms with Crippen LogP contribution in [0, 0.1) is 6.92 Å². The Labute approximate surface area is 139 Å². The molecule has 1 saturated heterocycles. The number of nitrogens with one attached hydrogen (secondary N) is 1. The first-order chi connectivity index (χ1) is 10.9. The van der Waals surface area contributed by atoms with E-state index in [9.17, 15) is 9.59 Å². The van der Waals surface area contributed by atoms with E-state index in [4.69, 9.17) is 11.6 Å². The number of halogens is 1. The smallest absolute Gasteiger partial charge is 0.255 e. The van der Waals surface area contributed by atoms with Crippen molar-refractivity contribution >= 4 is 23.4 Å². The lowest BCUT2D eigenvalue weighted by molar-refractivity contribution is -0.126. The summed E-state index contributed by atoms with van der Waals surface area (Å²) in [4.78, 5) is 25.6. The molecule has 1 unspecified atom stereocenters. The second-order valence-electron chi connectivity index (χ2n) is 5.70. The van der Waals surface area contributed by atoms with Crippen LogP contribution < -0.4 is 5.32 Å². The number of amides is 2. The zero-order chi connectivity index (χ0) is 16.6. The number of likely N-dealkylation sites (tertiary alicyclic amines) is 1. The molecule has 120 valence electrons. The molecule has 1 aromatic carbocycles. The molecular formula is C16H17ClN4O2. The van der Waals surface area contributed by atoms with Gasteiger partial charge in [-0.2, -0.15) is 5.10 Å². The van der Waals surface area contributed by atoms with Crippen molar-refractivity contribution in [2.24, 2.45) is 0 Å². The predicted molar refractivity (Wildman–Crippen MR) is 86.8 cm³/mol. The number of carbonyl (C=O) groups is 2. The Morgan fingerprint density at radius 1 is 1.35 bits per heavy atom. The monoisotopic (exact) mass is 332 g/mol. The number of benzene rings is 1. The molecule has 0 saturated carbocycles. The SMILES string of the molecule is Cc1nn(-c2ccc(Cl)cc2)cc1C(=O)NC1CC(=O)N(C)C1. The van der Waals surface area contributed by atoms with E-state index in [1.807, 2.05) is 12.1 Å². The highest BCUT2D eigenvalue weighted by Gasteiger charge is 2.28. The zero-order valence-corrected chi connectivity index (χ0v) is 13.7. The number of likely N-dealkylation sites (N-methyl/N-ethyl adjacent to an activating group) is 1. The van der Waals surface area contributed by atoms with Gasteiger partial charge in [0.1, 0.15) is 0 Å². The topological polar surface area (TPSA) is 67.2 Å². The lowest BCUT2D eigenvalue weighted by atomic mass is 10.2. The van der Waals surface area contributed by atoms with Gasteiger partial charge in [0.05, 0.1) is 23.0 Å². The van der Waals surface area contributed by atoms with Gasteiger partial charge in [0.15, 0.2) is 0 Å². The number of aryl methyl sites for hydroxylation is 1. The molecule has 23 heavy (non-hydrogen) atoms. The van der Waals surface area contributed by atoms with E-state index in [-0.39, 0.29) is 17.9 Å². The number of carbonyl (C=O) groups excluding carboxylic acids is 2. The molecule has 6 nitrogen and oxygen atoms in total. The quantitative estimate of drug-likeness (QED) is 0.932. The van der Waals surface area contributed by atoms with Gasteiger partial charge in [0.25, 0.3) is 5.91 Å². The summed E-state index contributed by atoms with van der Waals surface area (Å²) >= 11 is 5.88. The van der Waals surface area contributed by atoms with Crippen molar-refractivity contribution in [1.82, 2.24) is 20.0 Å². The van der Waals surface area contributed by atoms with E-state index in [2.05, 4.69) is 10.4 Å². The third-order valence-electron chi connectivity index (χ3n) is 3.91. The van der Waals surface area contributed by atoms with Gasteiger partial charge < -0.3 is 10.2 Å². The highest BCUT2D eigenvalue weighted by Crippen LogP contribution is 2.16. The molecule has 2 amide bonds. The maximum absolute atomic E-state index is 12.4. The van der Waals surface area contributed by atoms with Crippen molar-refractivity contribution in [3.05, 3.63) is 46.7 Å². The Morgan fingerprint density at radius 3 is 2.65 bits per heavy atom. The average Bonchev–Trinajstić information content (AvgIpc) is 3.03. The van der Waals surface area contributed by atoms with Crippen molar-refractivity contribution in [3.8, 4) is 5.69 Å². The third-order valence-corrected chi connectivity index (χ3v) is 4.16. The second-order valence-corrected chi connectivity index (χ2v) is 6.13. The Morgan fingerprint density at radius 2 is 2.04 bits per heavy atom. The maximum atomic E-state index is 12.4. The van der Waals surface area contributed by atoms with Crippen LogP contribution in [0.1, 0.15) is 22.5 Å². The van der Waals surface area contributed by atoms with Crippen LogP contribution in [0.25, 0.3) is 5.69 Å². The highest BCUT2D eigenvalue weighted by atomic mass is 35.5. The Hall–Kier alpha value is -2.34. The molecule has 0 bridgehead atoms. The zero-order valence-electron chi connectivity index (χ0n) is 12.9. The maximum Gasteiger partial charge on any atom is 0.255 e. The largest absolute Gasteiger partial charge is 0.347 e. The second kappa shape index (κ2) is 6.04. The van der Waals surface area contributed by atoms with Crippen LogP contribution >= 0.6 is 11.6 Å². The summed E-state index contributed by atoms with van der Waals surface area (Å²) in [7, 11) is 1.73. The summed E-state index contributed by atoms with van der Waals surface area (Å²) in [5.74, 6) is -0.167. The summed E-state index contributed by atoms with van der Waals surface area (Å²) in [5.41, 5.74) is 1.96. The van der Waals surface area contributed by atoms with E-state index in [1.165, 1.54) is 0 Å². The molecule has 1 fully saturated rings. The molecule has 0 aliphatic carbocycles. The number of rotatable bonds is 3. The van der Waals surface area contributed by atoms with Gasteiger partial charge >= 0.3 is 0 Å².